The highest BCUT2D eigenvalue weighted by molar-refractivity contribution is 5.72. The molecule has 0 aromatic heterocycles. The Morgan fingerprint density at radius 3 is 1.61 bits per heavy atom. The van der Waals surface area contributed by atoms with Crippen LogP contribution in [0, 0.1) is 0 Å². The Morgan fingerprint density at radius 1 is 0.667 bits per heavy atom. The minimum atomic E-state index is -0.133. The Morgan fingerprint density at radius 2 is 1.11 bits per heavy atom. The number of hydrogen-bond acceptors (Lipinski definition) is 3. The molecule has 208 valence electrons. The second-order valence-corrected chi connectivity index (χ2v) is 11.0. The quantitative estimate of drug-likeness (QED) is 0.0821. The normalized spacial score (nSPS) is 12.1. The molecule has 0 saturated heterocycles. The Balaban J connectivity index is 1.90. The van der Waals surface area contributed by atoms with Gasteiger partial charge in [-0.05, 0) is 50.3 Å². The molecular weight excluding hydrogens is 444 g/mol. The smallest absolute Gasteiger partial charge is 0.311 e. The lowest BCUT2D eigenvalue weighted by atomic mass is 10.0. The second kappa shape index (κ2) is 24.0. The minimum Gasteiger partial charge on any atom is -0.427 e. The number of carbonyl (C=O) groups is 1. The lowest BCUT2D eigenvalue weighted by Gasteiger charge is -2.07. The van der Waals surface area contributed by atoms with E-state index in [9.17, 15) is 9.90 Å². The zero-order valence-electron chi connectivity index (χ0n) is 23.9. The second-order valence-electron chi connectivity index (χ2n) is 11.0. The van der Waals surface area contributed by atoms with Gasteiger partial charge in [0.2, 0.25) is 0 Å². The summed E-state index contributed by atoms with van der Waals surface area (Å²) in [4.78, 5) is 12.1. The average Bonchev–Trinajstić information content (AvgIpc) is 2.86. The zero-order chi connectivity index (χ0) is 26.1. The fraction of sp³-hybridized carbons (Fsp3) is 0.788. The van der Waals surface area contributed by atoms with Crippen LogP contribution in [0.3, 0.4) is 0 Å². The summed E-state index contributed by atoms with van der Waals surface area (Å²) in [6, 6.07) is 8.12. The maximum Gasteiger partial charge on any atom is 0.311 e. The molecule has 1 rings (SSSR count). The molecule has 0 radical (unpaired) electrons. The largest absolute Gasteiger partial charge is 0.427 e. The van der Waals surface area contributed by atoms with Crippen LogP contribution in [0.5, 0.6) is 5.75 Å². The molecule has 1 aromatic rings. The zero-order valence-corrected chi connectivity index (χ0v) is 23.9. The molecule has 1 aromatic carbocycles. The van der Waals surface area contributed by atoms with Gasteiger partial charge in [-0.1, -0.05) is 135 Å². The van der Waals surface area contributed by atoms with E-state index in [0.717, 1.165) is 25.7 Å². The van der Waals surface area contributed by atoms with E-state index in [2.05, 4.69) is 19.1 Å². The van der Waals surface area contributed by atoms with E-state index in [0.29, 0.717) is 12.2 Å². The highest BCUT2D eigenvalue weighted by atomic mass is 16.5. The van der Waals surface area contributed by atoms with Crippen molar-refractivity contribution in [2.45, 2.75) is 168 Å². The summed E-state index contributed by atoms with van der Waals surface area (Å²) in [5, 5.41) is 9.25. The van der Waals surface area contributed by atoms with Gasteiger partial charge in [0.25, 0.3) is 0 Å². The van der Waals surface area contributed by atoms with Gasteiger partial charge < -0.3 is 9.84 Å². The molecule has 1 atom stereocenters. The predicted octanol–water partition coefficient (Wildman–Crippen LogP) is 10.1. The third-order valence-corrected chi connectivity index (χ3v) is 7.23. The number of carbonyl (C=O) groups excluding carboxylic acids is 1. The van der Waals surface area contributed by atoms with Gasteiger partial charge in [0.05, 0.1) is 6.10 Å². The first-order valence-electron chi connectivity index (χ1n) is 15.6. The van der Waals surface area contributed by atoms with Crippen molar-refractivity contribution in [2.24, 2.45) is 0 Å². The molecule has 0 fully saturated rings. The third-order valence-electron chi connectivity index (χ3n) is 7.23. The van der Waals surface area contributed by atoms with E-state index in [1.807, 2.05) is 19.1 Å². The van der Waals surface area contributed by atoms with Gasteiger partial charge in [-0.3, -0.25) is 4.79 Å². The third kappa shape index (κ3) is 20.8. The summed E-state index contributed by atoms with van der Waals surface area (Å²) in [7, 11) is 0. The first-order chi connectivity index (χ1) is 17.6. The van der Waals surface area contributed by atoms with Crippen LogP contribution in [0.15, 0.2) is 24.3 Å². The van der Waals surface area contributed by atoms with E-state index >= 15 is 0 Å². The summed E-state index contributed by atoms with van der Waals surface area (Å²) in [6.45, 7) is 4.14. The van der Waals surface area contributed by atoms with Gasteiger partial charge in [-0.2, -0.15) is 0 Å². The maximum absolute atomic E-state index is 12.1. The summed E-state index contributed by atoms with van der Waals surface area (Å²) in [5.74, 6) is 0.587. The topological polar surface area (TPSA) is 46.5 Å². The lowest BCUT2D eigenvalue weighted by Crippen LogP contribution is -2.07. The fourth-order valence-electron chi connectivity index (χ4n) is 4.85. The molecule has 0 aliphatic rings. The van der Waals surface area contributed by atoms with E-state index in [1.54, 1.807) is 0 Å². The molecule has 36 heavy (non-hydrogen) atoms. The molecule has 0 spiro atoms. The first-order valence-corrected chi connectivity index (χ1v) is 15.6. The summed E-state index contributed by atoms with van der Waals surface area (Å²) in [5.41, 5.74) is 1.34. The minimum absolute atomic E-state index is 0.0966. The van der Waals surface area contributed by atoms with Crippen LogP contribution in [0.25, 0.3) is 0 Å². The monoisotopic (exact) mass is 502 g/mol. The van der Waals surface area contributed by atoms with Gasteiger partial charge in [0, 0.05) is 6.42 Å². The number of benzene rings is 1. The molecule has 0 aliphatic heterocycles. The van der Waals surface area contributed by atoms with Gasteiger partial charge in [-0.25, -0.2) is 0 Å². The molecule has 0 saturated carbocycles. The number of aryl methyl sites for hydroxylation is 1. The van der Waals surface area contributed by atoms with Crippen molar-refractivity contribution < 1.29 is 14.6 Å². The molecule has 0 amide bonds. The molecule has 0 aliphatic carbocycles. The predicted molar refractivity (Wildman–Crippen MR) is 155 cm³/mol. The molecule has 1 unspecified atom stereocenters. The van der Waals surface area contributed by atoms with Crippen LogP contribution in [-0.4, -0.2) is 17.2 Å². The van der Waals surface area contributed by atoms with Gasteiger partial charge >= 0.3 is 5.97 Å². The van der Waals surface area contributed by atoms with Gasteiger partial charge in [0.1, 0.15) is 5.75 Å². The van der Waals surface area contributed by atoms with E-state index in [1.165, 1.54) is 121 Å². The SMILES string of the molecule is CCCCCCCCCc1ccc(OC(=O)CCCCCCCCCCCCCCCC(C)O)cc1. The van der Waals surface area contributed by atoms with Crippen molar-refractivity contribution >= 4 is 5.97 Å². The molecule has 0 heterocycles. The first kappa shape index (κ1) is 32.7. The maximum atomic E-state index is 12.1. The Bertz CT molecular complexity index is 608. The fourth-order valence-corrected chi connectivity index (χ4v) is 4.85. The Labute approximate surface area is 223 Å². The van der Waals surface area contributed by atoms with Crippen molar-refractivity contribution in [1.29, 1.82) is 0 Å². The number of ether oxygens (including phenoxy) is 1. The van der Waals surface area contributed by atoms with Crippen molar-refractivity contribution in [3.05, 3.63) is 29.8 Å². The highest BCUT2D eigenvalue weighted by Crippen LogP contribution is 2.17. The molecule has 3 nitrogen and oxygen atoms in total. The number of rotatable bonds is 25. The van der Waals surface area contributed by atoms with Crippen molar-refractivity contribution in [3.8, 4) is 5.75 Å². The number of esters is 1. The van der Waals surface area contributed by atoms with Crippen molar-refractivity contribution in [1.82, 2.24) is 0 Å². The van der Waals surface area contributed by atoms with Crippen LogP contribution >= 0.6 is 0 Å². The van der Waals surface area contributed by atoms with Crippen molar-refractivity contribution in [2.75, 3.05) is 0 Å². The van der Waals surface area contributed by atoms with Crippen LogP contribution in [0.1, 0.15) is 161 Å². The number of unbranched alkanes of at least 4 members (excludes halogenated alkanes) is 18. The van der Waals surface area contributed by atoms with E-state index < -0.39 is 0 Å². The number of aliphatic hydroxyl groups excluding tert-OH is 1. The molecule has 0 bridgehead atoms. The van der Waals surface area contributed by atoms with E-state index in [-0.39, 0.29) is 12.1 Å². The molecular formula is C33H58O3. The van der Waals surface area contributed by atoms with Crippen LogP contribution in [0.2, 0.25) is 0 Å². The summed E-state index contributed by atoms with van der Waals surface area (Å²) >= 11 is 0. The van der Waals surface area contributed by atoms with Crippen LogP contribution < -0.4 is 4.74 Å². The van der Waals surface area contributed by atoms with Gasteiger partial charge in [0.15, 0.2) is 0 Å². The summed E-state index contributed by atoms with van der Waals surface area (Å²) in [6.07, 6.45) is 28.2. The van der Waals surface area contributed by atoms with Crippen LogP contribution in [0.4, 0.5) is 0 Å². The standard InChI is InChI=1S/C33H58O3/c1-3-4-5-6-14-18-21-24-31-26-28-32(29-27-31)36-33(35)25-22-19-16-13-11-9-7-8-10-12-15-17-20-23-30(2)34/h26-30,34H,3-25H2,1-2H3. The van der Waals surface area contributed by atoms with Gasteiger partial charge in [-0.15, -0.1) is 0 Å². The van der Waals surface area contributed by atoms with Crippen LogP contribution in [-0.2, 0) is 11.2 Å². The van der Waals surface area contributed by atoms with E-state index in [4.69, 9.17) is 4.74 Å². The van der Waals surface area contributed by atoms with Crippen molar-refractivity contribution in [3.63, 3.8) is 0 Å². The Hall–Kier alpha value is -1.35. The highest BCUT2D eigenvalue weighted by Gasteiger charge is 2.05. The lowest BCUT2D eigenvalue weighted by molar-refractivity contribution is -0.134. The summed E-state index contributed by atoms with van der Waals surface area (Å²) < 4.78 is 5.52. The number of hydrogen-bond donors (Lipinski definition) is 1. The number of aliphatic hydroxyl groups is 1. The Kier molecular flexibility index (Phi) is 21.8. The molecule has 3 heteroatoms. The molecule has 1 N–H and O–H groups in total. The average molecular weight is 503 g/mol.